The van der Waals surface area contributed by atoms with E-state index in [1.165, 1.54) is 32.4 Å². The first-order valence-corrected chi connectivity index (χ1v) is 6.40. The molecule has 0 radical (unpaired) electrons. The second-order valence-electron chi connectivity index (χ2n) is 4.30. The number of carbonyl (C=O) groups is 1. The van der Waals surface area contributed by atoms with Crippen LogP contribution in [0.25, 0.3) is 0 Å². The van der Waals surface area contributed by atoms with Crippen molar-refractivity contribution in [2.75, 3.05) is 14.2 Å². The lowest BCUT2D eigenvalue weighted by atomic mass is 10.1. The third kappa shape index (κ3) is 3.31. The van der Waals surface area contributed by atoms with Gasteiger partial charge < -0.3 is 14.8 Å². The number of halogens is 1. The monoisotopic (exact) mass is 289 g/mol. The molecule has 1 N–H and O–H groups in total. The molecule has 0 aliphatic heterocycles. The van der Waals surface area contributed by atoms with Crippen molar-refractivity contribution in [3.05, 3.63) is 59.4 Å². The molecule has 0 unspecified atom stereocenters. The molecule has 0 fully saturated rings. The van der Waals surface area contributed by atoms with Gasteiger partial charge in [0.25, 0.3) is 5.91 Å². The van der Waals surface area contributed by atoms with Crippen LogP contribution in [0.2, 0.25) is 0 Å². The first kappa shape index (κ1) is 14.8. The fraction of sp³-hybridized carbons (Fsp3) is 0.188. The highest BCUT2D eigenvalue weighted by atomic mass is 19.1. The maximum atomic E-state index is 13.5. The molecule has 0 saturated heterocycles. The summed E-state index contributed by atoms with van der Waals surface area (Å²) >= 11 is 0. The molecular formula is C16H16FNO3. The van der Waals surface area contributed by atoms with Gasteiger partial charge in [0.2, 0.25) is 0 Å². The Morgan fingerprint density at radius 3 is 2.24 bits per heavy atom. The molecule has 4 nitrogen and oxygen atoms in total. The molecule has 0 aromatic heterocycles. The molecule has 2 rings (SSSR count). The van der Waals surface area contributed by atoms with Crippen LogP contribution in [0, 0.1) is 5.82 Å². The van der Waals surface area contributed by atoms with Gasteiger partial charge in [0, 0.05) is 0 Å². The maximum absolute atomic E-state index is 13.5. The summed E-state index contributed by atoms with van der Waals surface area (Å²) in [6.45, 7) is 0.181. The summed E-state index contributed by atoms with van der Waals surface area (Å²) in [6.07, 6.45) is 0. The second-order valence-corrected chi connectivity index (χ2v) is 4.30. The van der Waals surface area contributed by atoms with E-state index in [4.69, 9.17) is 9.47 Å². The molecule has 0 atom stereocenters. The Hall–Kier alpha value is -2.56. The largest absolute Gasteiger partial charge is 0.496 e. The van der Waals surface area contributed by atoms with Crippen molar-refractivity contribution in [1.29, 1.82) is 0 Å². The number of nitrogens with one attached hydrogen (secondary N) is 1. The Kier molecular flexibility index (Phi) is 4.77. The van der Waals surface area contributed by atoms with E-state index in [0.29, 0.717) is 17.1 Å². The minimum Gasteiger partial charge on any atom is -0.496 e. The summed E-state index contributed by atoms with van der Waals surface area (Å²) in [5.41, 5.74) is 0.707. The van der Waals surface area contributed by atoms with E-state index in [-0.39, 0.29) is 12.1 Å². The molecule has 0 spiro atoms. The summed E-state index contributed by atoms with van der Waals surface area (Å²) in [4.78, 5) is 12.0. The molecule has 0 aliphatic carbocycles. The van der Waals surface area contributed by atoms with E-state index in [1.54, 1.807) is 24.3 Å². The third-order valence-corrected chi connectivity index (χ3v) is 3.07. The number of methoxy groups -OCH3 is 2. The van der Waals surface area contributed by atoms with Gasteiger partial charge in [-0.15, -0.1) is 0 Å². The van der Waals surface area contributed by atoms with Crippen LogP contribution in [0.5, 0.6) is 11.5 Å². The van der Waals surface area contributed by atoms with Crippen LogP contribution in [0.1, 0.15) is 15.9 Å². The summed E-state index contributed by atoms with van der Waals surface area (Å²) in [5.74, 6) is 0.161. The Balaban J connectivity index is 2.17. The summed E-state index contributed by atoms with van der Waals surface area (Å²) in [7, 11) is 3.08. The minimum absolute atomic E-state index is 0.00589. The van der Waals surface area contributed by atoms with Gasteiger partial charge in [-0.2, -0.15) is 0 Å². The van der Waals surface area contributed by atoms with Gasteiger partial charge in [0.15, 0.2) is 0 Å². The second kappa shape index (κ2) is 6.74. The standard InChI is InChI=1S/C16H16FNO3/c1-20-14-8-5-9-15(21-2)12(14)10-18-16(19)11-6-3-4-7-13(11)17/h3-9H,10H2,1-2H3,(H,18,19). The van der Waals surface area contributed by atoms with E-state index in [9.17, 15) is 9.18 Å². The van der Waals surface area contributed by atoms with Crippen molar-refractivity contribution >= 4 is 5.91 Å². The van der Waals surface area contributed by atoms with Crippen molar-refractivity contribution in [3.8, 4) is 11.5 Å². The minimum atomic E-state index is -0.554. The van der Waals surface area contributed by atoms with E-state index >= 15 is 0 Å². The molecule has 0 bridgehead atoms. The fourth-order valence-electron chi connectivity index (χ4n) is 2.01. The quantitative estimate of drug-likeness (QED) is 0.920. The van der Waals surface area contributed by atoms with Crippen LogP contribution in [0.15, 0.2) is 42.5 Å². The molecule has 0 aliphatic rings. The highest BCUT2D eigenvalue weighted by Gasteiger charge is 2.14. The lowest BCUT2D eigenvalue weighted by Gasteiger charge is -2.13. The van der Waals surface area contributed by atoms with E-state index in [1.807, 2.05) is 0 Å². The lowest BCUT2D eigenvalue weighted by Crippen LogP contribution is -2.24. The maximum Gasteiger partial charge on any atom is 0.254 e. The topological polar surface area (TPSA) is 47.6 Å². The summed E-state index contributed by atoms with van der Waals surface area (Å²) in [5, 5.41) is 2.67. The molecule has 1 amide bonds. The van der Waals surface area contributed by atoms with Gasteiger partial charge in [-0.05, 0) is 24.3 Å². The zero-order valence-electron chi connectivity index (χ0n) is 11.9. The van der Waals surface area contributed by atoms with Crippen LogP contribution in [-0.2, 0) is 6.54 Å². The van der Waals surface area contributed by atoms with Crippen molar-refractivity contribution in [2.45, 2.75) is 6.54 Å². The van der Waals surface area contributed by atoms with Crippen LogP contribution in [0.3, 0.4) is 0 Å². The molecule has 110 valence electrons. The zero-order chi connectivity index (χ0) is 15.2. The van der Waals surface area contributed by atoms with Crippen LogP contribution in [-0.4, -0.2) is 20.1 Å². The highest BCUT2D eigenvalue weighted by molar-refractivity contribution is 5.94. The zero-order valence-corrected chi connectivity index (χ0v) is 11.9. The van der Waals surface area contributed by atoms with Crippen LogP contribution < -0.4 is 14.8 Å². The Labute approximate surface area is 122 Å². The number of hydrogen-bond donors (Lipinski definition) is 1. The SMILES string of the molecule is COc1cccc(OC)c1CNC(=O)c1ccccc1F. The third-order valence-electron chi connectivity index (χ3n) is 3.07. The van der Waals surface area contributed by atoms with Crippen molar-refractivity contribution in [2.24, 2.45) is 0 Å². The smallest absolute Gasteiger partial charge is 0.254 e. The molecule has 2 aromatic carbocycles. The average molecular weight is 289 g/mol. The van der Waals surface area contributed by atoms with Gasteiger partial charge in [0.1, 0.15) is 17.3 Å². The molecule has 21 heavy (non-hydrogen) atoms. The number of rotatable bonds is 5. The van der Waals surface area contributed by atoms with Crippen molar-refractivity contribution in [3.63, 3.8) is 0 Å². The Morgan fingerprint density at radius 1 is 1.05 bits per heavy atom. The average Bonchev–Trinajstić information content (AvgIpc) is 2.52. The van der Waals surface area contributed by atoms with Crippen LogP contribution >= 0.6 is 0 Å². The number of carbonyl (C=O) groups excluding carboxylic acids is 1. The summed E-state index contributed by atoms with van der Waals surface area (Å²) in [6, 6.07) is 11.2. The summed E-state index contributed by atoms with van der Waals surface area (Å²) < 4.78 is 24.0. The van der Waals surface area contributed by atoms with Gasteiger partial charge >= 0.3 is 0 Å². The van der Waals surface area contributed by atoms with E-state index in [2.05, 4.69) is 5.32 Å². The number of benzene rings is 2. The lowest BCUT2D eigenvalue weighted by molar-refractivity contribution is 0.0946. The van der Waals surface area contributed by atoms with Crippen LogP contribution in [0.4, 0.5) is 4.39 Å². The first-order chi connectivity index (χ1) is 10.2. The van der Waals surface area contributed by atoms with Crippen molar-refractivity contribution < 1.29 is 18.7 Å². The highest BCUT2D eigenvalue weighted by Crippen LogP contribution is 2.27. The number of ether oxygens (including phenoxy) is 2. The van der Waals surface area contributed by atoms with Crippen molar-refractivity contribution in [1.82, 2.24) is 5.32 Å². The van der Waals surface area contributed by atoms with Gasteiger partial charge in [0.05, 0.1) is 31.9 Å². The fourth-order valence-corrected chi connectivity index (χ4v) is 2.01. The Morgan fingerprint density at radius 2 is 1.67 bits per heavy atom. The predicted octanol–water partition coefficient (Wildman–Crippen LogP) is 2.77. The number of amides is 1. The number of hydrogen-bond acceptors (Lipinski definition) is 3. The van der Waals surface area contributed by atoms with Gasteiger partial charge in [-0.1, -0.05) is 18.2 Å². The molecular weight excluding hydrogens is 273 g/mol. The molecule has 0 saturated carbocycles. The normalized spacial score (nSPS) is 10.0. The van der Waals surface area contributed by atoms with E-state index in [0.717, 1.165) is 0 Å². The van der Waals surface area contributed by atoms with Gasteiger partial charge in [-0.25, -0.2) is 4.39 Å². The Bertz CT molecular complexity index is 621. The molecule has 2 aromatic rings. The predicted molar refractivity (Wildman–Crippen MR) is 77.1 cm³/mol. The van der Waals surface area contributed by atoms with E-state index < -0.39 is 11.7 Å². The molecule has 0 heterocycles. The van der Waals surface area contributed by atoms with Gasteiger partial charge in [-0.3, -0.25) is 4.79 Å². The molecule has 5 heteroatoms. The first-order valence-electron chi connectivity index (χ1n) is 6.40.